The monoisotopic (exact) mass is 196 g/mol. The molecule has 0 aromatic heterocycles. The van der Waals surface area contributed by atoms with Gasteiger partial charge in [0.15, 0.2) is 0 Å². The Bertz CT molecular complexity index is 125. The molecule has 14 heavy (non-hydrogen) atoms. The molecule has 0 aromatic carbocycles. The zero-order chi connectivity index (χ0) is 10.4. The first-order valence-electron chi connectivity index (χ1n) is 6.80. The van der Waals surface area contributed by atoms with Gasteiger partial charge in [-0.05, 0) is 30.6 Å². The van der Waals surface area contributed by atoms with Gasteiger partial charge >= 0.3 is 0 Å². The van der Waals surface area contributed by atoms with Crippen LogP contribution in [0.15, 0.2) is 0 Å². The minimum Gasteiger partial charge on any atom is -0.0651 e. The normalized spacial score (nSPS) is 34.9. The summed E-state index contributed by atoms with van der Waals surface area (Å²) in [4.78, 5) is 0. The van der Waals surface area contributed by atoms with Gasteiger partial charge in [0.1, 0.15) is 0 Å². The highest BCUT2D eigenvalue weighted by Gasteiger charge is 2.20. The van der Waals surface area contributed by atoms with Crippen LogP contribution in [0.4, 0.5) is 0 Å². The summed E-state index contributed by atoms with van der Waals surface area (Å²) in [5, 5.41) is 0. The highest BCUT2D eigenvalue weighted by molar-refractivity contribution is 4.73. The van der Waals surface area contributed by atoms with E-state index in [-0.39, 0.29) is 0 Å². The molecular weight excluding hydrogens is 168 g/mol. The molecule has 0 saturated heterocycles. The molecule has 2 unspecified atom stereocenters. The Labute approximate surface area is 90.5 Å². The van der Waals surface area contributed by atoms with Crippen molar-refractivity contribution in [3.63, 3.8) is 0 Å². The lowest BCUT2D eigenvalue weighted by molar-refractivity contribution is 0.232. The van der Waals surface area contributed by atoms with Crippen LogP contribution in [-0.4, -0.2) is 0 Å². The summed E-state index contributed by atoms with van der Waals surface area (Å²) in [6.45, 7) is 7.12. The molecule has 0 amide bonds. The van der Waals surface area contributed by atoms with Gasteiger partial charge in [-0.15, -0.1) is 0 Å². The standard InChI is InChI=1S/C14H28/c1-4-12-8-7-9-13(5-2)11-14(6-3)10-12/h12-14H,4-11H2,1-3H3. The van der Waals surface area contributed by atoms with Crippen molar-refractivity contribution in [2.45, 2.75) is 72.1 Å². The van der Waals surface area contributed by atoms with Crippen LogP contribution in [0.2, 0.25) is 0 Å². The first-order chi connectivity index (χ1) is 6.80. The summed E-state index contributed by atoms with van der Waals surface area (Å²) < 4.78 is 0. The van der Waals surface area contributed by atoms with E-state index in [1.807, 2.05) is 0 Å². The van der Waals surface area contributed by atoms with E-state index in [2.05, 4.69) is 20.8 Å². The van der Waals surface area contributed by atoms with E-state index in [4.69, 9.17) is 0 Å². The zero-order valence-corrected chi connectivity index (χ0v) is 10.4. The van der Waals surface area contributed by atoms with E-state index in [0.29, 0.717) is 0 Å². The van der Waals surface area contributed by atoms with Gasteiger partial charge in [-0.3, -0.25) is 0 Å². The van der Waals surface area contributed by atoms with Gasteiger partial charge in [-0.2, -0.15) is 0 Å². The number of hydrogen-bond acceptors (Lipinski definition) is 0. The molecule has 1 fully saturated rings. The predicted octanol–water partition coefficient (Wildman–Crippen LogP) is 5.03. The Kier molecular flexibility index (Phi) is 5.59. The summed E-state index contributed by atoms with van der Waals surface area (Å²) in [6, 6.07) is 0. The van der Waals surface area contributed by atoms with Gasteiger partial charge in [0.05, 0.1) is 0 Å². The third kappa shape index (κ3) is 3.63. The second-order valence-corrected chi connectivity index (χ2v) is 5.23. The van der Waals surface area contributed by atoms with Crippen molar-refractivity contribution in [3.05, 3.63) is 0 Å². The molecule has 0 aliphatic heterocycles. The van der Waals surface area contributed by atoms with E-state index in [0.717, 1.165) is 17.8 Å². The summed E-state index contributed by atoms with van der Waals surface area (Å²) in [5.74, 6) is 3.11. The van der Waals surface area contributed by atoms with Crippen LogP contribution in [0, 0.1) is 17.8 Å². The molecule has 84 valence electrons. The van der Waals surface area contributed by atoms with Crippen molar-refractivity contribution in [3.8, 4) is 0 Å². The van der Waals surface area contributed by atoms with Gasteiger partial charge in [0.25, 0.3) is 0 Å². The van der Waals surface area contributed by atoms with Crippen LogP contribution in [0.1, 0.15) is 72.1 Å². The predicted molar refractivity (Wildman–Crippen MR) is 64.4 cm³/mol. The molecular formula is C14H28. The lowest BCUT2D eigenvalue weighted by Gasteiger charge is -2.29. The molecule has 0 nitrogen and oxygen atoms in total. The smallest absolute Gasteiger partial charge is 0.0412 e. The van der Waals surface area contributed by atoms with Gasteiger partial charge in [0, 0.05) is 0 Å². The molecule has 2 atom stereocenters. The van der Waals surface area contributed by atoms with Crippen LogP contribution in [-0.2, 0) is 0 Å². The third-order valence-electron chi connectivity index (χ3n) is 4.29. The zero-order valence-electron chi connectivity index (χ0n) is 10.4. The lowest BCUT2D eigenvalue weighted by Crippen LogP contribution is -2.16. The minimum absolute atomic E-state index is 1.03. The maximum atomic E-state index is 2.38. The van der Waals surface area contributed by atoms with Crippen molar-refractivity contribution in [2.75, 3.05) is 0 Å². The highest BCUT2D eigenvalue weighted by Crippen LogP contribution is 2.34. The van der Waals surface area contributed by atoms with Gasteiger partial charge < -0.3 is 0 Å². The number of rotatable bonds is 3. The van der Waals surface area contributed by atoms with Crippen molar-refractivity contribution in [1.29, 1.82) is 0 Å². The van der Waals surface area contributed by atoms with Crippen LogP contribution in [0.5, 0.6) is 0 Å². The van der Waals surface area contributed by atoms with Crippen molar-refractivity contribution in [2.24, 2.45) is 17.8 Å². The molecule has 1 aliphatic carbocycles. The Balaban J connectivity index is 2.45. The maximum absolute atomic E-state index is 2.38. The second-order valence-electron chi connectivity index (χ2n) is 5.23. The summed E-state index contributed by atoms with van der Waals surface area (Å²) in [5.41, 5.74) is 0. The molecule has 1 saturated carbocycles. The van der Waals surface area contributed by atoms with Crippen LogP contribution in [0.3, 0.4) is 0 Å². The lowest BCUT2D eigenvalue weighted by atomic mass is 9.77. The summed E-state index contributed by atoms with van der Waals surface area (Å²) in [6.07, 6.45) is 11.8. The SMILES string of the molecule is CCC1CCCC(CC)CC(CC)C1. The molecule has 0 bridgehead atoms. The maximum Gasteiger partial charge on any atom is -0.0412 e. The van der Waals surface area contributed by atoms with Crippen LogP contribution in [0.25, 0.3) is 0 Å². The van der Waals surface area contributed by atoms with Crippen molar-refractivity contribution in [1.82, 2.24) is 0 Å². The Hall–Kier alpha value is 0. The summed E-state index contributed by atoms with van der Waals surface area (Å²) in [7, 11) is 0. The average Bonchev–Trinajstić information content (AvgIpc) is 2.18. The first-order valence-corrected chi connectivity index (χ1v) is 6.80. The molecule has 0 aromatic rings. The average molecular weight is 196 g/mol. The fourth-order valence-electron chi connectivity index (χ4n) is 3.04. The van der Waals surface area contributed by atoms with E-state index < -0.39 is 0 Å². The molecule has 1 aliphatic rings. The Morgan fingerprint density at radius 3 is 1.50 bits per heavy atom. The topological polar surface area (TPSA) is 0 Å². The molecule has 1 rings (SSSR count). The van der Waals surface area contributed by atoms with E-state index in [1.165, 1.54) is 51.4 Å². The second kappa shape index (κ2) is 6.48. The highest BCUT2D eigenvalue weighted by atomic mass is 14.3. The van der Waals surface area contributed by atoms with Crippen LogP contribution < -0.4 is 0 Å². The molecule has 0 N–H and O–H groups in total. The van der Waals surface area contributed by atoms with Crippen LogP contribution >= 0.6 is 0 Å². The molecule has 0 heterocycles. The fourth-order valence-corrected chi connectivity index (χ4v) is 3.04. The Morgan fingerprint density at radius 1 is 0.714 bits per heavy atom. The summed E-state index contributed by atoms with van der Waals surface area (Å²) >= 11 is 0. The van der Waals surface area contributed by atoms with Gasteiger partial charge in [0.2, 0.25) is 0 Å². The third-order valence-corrected chi connectivity index (χ3v) is 4.29. The van der Waals surface area contributed by atoms with Gasteiger partial charge in [-0.25, -0.2) is 0 Å². The van der Waals surface area contributed by atoms with Gasteiger partial charge in [-0.1, -0.05) is 59.3 Å². The Morgan fingerprint density at radius 2 is 1.14 bits per heavy atom. The quantitative estimate of drug-likeness (QED) is 0.594. The van der Waals surface area contributed by atoms with E-state index >= 15 is 0 Å². The first kappa shape index (κ1) is 12.1. The van der Waals surface area contributed by atoms with Crippen molar-refractivity contribution >= 4 is 0 Å². The van der Waals surface area contributed by atoms with E-state index in [1.54, 1.807) is 0 Å². The van der Waals surface area contributed by atoms with Crippen molar-refractivity contribution < 1.29 is 0 Å². The minimum atomic E-state index is 1.03. The molecule has 0 heteroatoms. The molecule has 0 radical (unpaired) electrons. The van der Waals surface area contributed by atoms with E-state index in [9.17, 15) is 0 Å². The fraction of sp³-hybridized carbons (Fsp3) is 1.00. The number of hydrogen-bond donors (Lipinski definition) is 0. The largest absolute Gasteiger partial charge is 0.0651 e. The molecule has 0 spiro atoms.